The first kappa shape index (κ1) is 13.0. The molecule has 0 bridgehead atoms. The van der Waals surface area contributed by atoms with Crippen LogP contribution in [0.2, 0.25) is 5.02 Å². The SMILES string of the molecule is CN(CC(C)(C)C)c1ccc(C=O)cc1Cl. The Labute approximate surface area is 102 Å². The van der Waals surface area contributed by atoms with E-state index < -0.39 is 0 Å². The lowest BCUT2D eigenvalue weighted by atomic mass is 9.96. The van der Waals surface area contributed by atoms with Gasteiger partial charge in [-0.25, -0.2) is 0 Å². The molecule has 0 aliphatic rings. The summed E-state index contributed by atoms with van der Waals surface area (Å²) in [6.45, 7) is 7.44. The second kappa shape index (κ2) is 4.88. The lowest BCUT2D eigenvalue weighted by molar-refractivity contribution is 0.112. The predicted molar refractivity (Wildman–Crippen MR) is 69.6 cm³/mol. The predicted octanol–water partition coefficient (Wildman–Crippen LogP) is 3.63. The summed E-state index contributed by atoms with van der Waals surface area (Å²) in [6.07, 6.45) is 0.805. The van der Waals surface area contributed by atoms with Gasteiger partial charge in [-0.1, -0.05) is 32.4 Å². The summed E-state index contributed by atoms with van der Waals surface area (Å²) in [5.41, 5.74) is 1.78. The molecule has 0 aliphatic heterocycles. The molecule has 1 aromatic carbocycles. The van der Waals surface area contributed by atoms with Crippen molar-refractivity contribution in [2.45, 2.75) is 20.8 Å². The van der Waals surface area contributed by atoms with Gasteiger partial charge in [-0.2, -0.15) is 0 Å². The van der Waals surface area contributed by atoms with Crippen molar-refractivity contribution in [3.8, 4) is 0 Å². The topological polar surface area (TPSA) is 20.3 Å². The smallest absolute Gasteiger partial charge is 0.150 e. The molecule has 0 aliphatic carbocycles. The first-order valence-electron chi connectivity index (χ1n) is 5.29. The van der Waals surface area contributed by atoms with E-state index >= 15 is 0 Å². The fourth-order valence-corrected chi connectivity index (χ4v) is 2.04. The summed E-state index contributed by atoms with van der Waals surface area (Å²) in [4.78, 5) is 12.7. The van der Waals surface area contributed by atoms with Crippen LogP contribution in [0.15, 0.2) is 18.2 Å². The second-order valence-corrected chi connectivity index (χ2v) is 5.65. The van der Waals surface area contributed by atoms with Crippen LogP contribution in [0.1, 0.15) is 31.1 Å². The van der Waals surface area contributed by atoms with Crippen molar-refractivity contribution >= 4 is 23.6 Å². The molecule has 3 heteroatoms. The average Bonchev–Trinajstić information content (AvgIpc) is 2.14. The highest BCUT2D eigenvalue weighted by Crippen LogP contribution is 2.28. The summed E-state index contributed by atoms with van der Waals surface area (Å²) in [5.74, 6) is 0. The maximum Gasteiger partial charge on any atom is 0.150 e. The minimum atomic E-state index is 0.210. The van der Waals surface area contributed by atoms with Gasteiger partial charge < -0.3 is 4.90 Å². The van der Waals surface area contributed by atoms with Crippen LogP contribution in [0.3, 0.4) is 0 Å². The van der Waals surface area contributed by atoms with Gasteiger partial charge in [-0.05, 0) is 23.6 Å². The van der Waals surface area contributed by atoms with Crippen LogP contribution in [-0.2, 0) is 0 Å². The van der Waals surface area contributed by atoms with Gasteiger partial charge in [0.1, 0.15) is 6.29 Å². The van der Waals surface area contributed by atoms with Gasteiger partial charge >= 0.3 is 0 Å². The first-order chi connectivity index (χ1) is 7.33. The Balaban J connectivity index is 2.92. The van der Waals surface area contributed by atoms with Gasteiger partial charge in [-0.15, -0.1) is 0 Å². The van der Waals surface area contributed by atoms with Crippen LogP contribution < -0.4 is 4.90 Å². The molecule has 0 fully saturated rings. The van der Waals surface area contributed by atoms with E-state index in [1.165, 1.54) is 0 Å². The number of benzene rings is 1. The van der Waals surface area contributed by atoms with Crippen molar-refractivity contribution in [2.75, 3.05) is 18.5 Å². The van der Waals surface area contributed by atoms with Gasteiger partial charge in [-0.3, -0.25) is 4.79 Å². The van der Waals surface area contributed by atoms with E-state index in [1.54, 1.807) is 12.1 Å². The Morgan fingerprint density at radius 1 is 1.38 bits per heavy atom. The quantitative estimate of drug-likeness (QED) is 0.751. The molecule has 0 radical (unpaired) electrons. The van der Waals surface area contributed by atoms with E-state index in [9.17, 15) is 4.79 Å². The number of rotatable bonds is 3. The molecule has 1 rings (SSSR count). The molecule has 2 nitrogen and oxygen atoms in total. The Kier molecular flexibility index (Phi) is 3.98. The molecule has 0 amide bonds. The van der Waals surface area contributed by atoms with E-state index in [0.29, 0.717) is 10.6 Å². The normalized spacial score (nSPS) is 11.3. The zero-order chi connectivity index (χ0) is 12.3. The number of hydrogen-bond donors (Lipinski definition) is 0. The van der Waals surface area contributed by atoms with E-state index in [0.717, 1.165) is 18.5 Å². The number of nitrogens with zero attached hydrogens (tertiary/aromatic N) is 1. The highest BCUT2D eigenvalue weighted by molar-refractivity contribution is 6.33. The number of anilines is 1. The highest BCUT2D eigenvalue weighted by atomic mass is 35.5. The standard InChI is InChI=1S/C13H18ClNO/c1-13(2,3)9-15(4)12-6-5-10(8-16)7-11(12)14/h5-8H,9H2,1-4H3. The van der Waals surface area contributed by atoms with Crippen LogP contribution in [0.5, 0.6) is 0 Å². The van der Waals surface area contributed by atoms with Gasteiger partial charge in [0, 0.05) is 19.2 Å². The molecular weight excluding hydrogens is 222 g/mol. The van der Waals surface area contributed by atoms with Gasteiger partial charge in [0.25, 0.3) is 0 Å². The third-order valence-electron chi connectivity index (χ3n) is 2.23. The van der Waals surface area contributed by atoms with Gasteiger partial charge in [0.15, 0.2) is 0 Å². The van der Waals surface area contributed by atoms with Crippen molar-refractivity contribution in [3.05, 3.63) is 28.8 Å². The summed E-state index contributed by atoms with van der Waals surface area (Å²) in [7, 11) is 2.01. The number of halogens is 1. The Bertz CT molecular complexity index is 382. The largest absolute Gasteiger partial charge is 0.373 e. The van der Waals surface area contributed by atoms with Crippen LogP contribution in [-0.4, -0.2) is 19.9 Å². The summed E-state index contributed by atoms with van der Waals surface area (Å²) >= 11 is 6.13. The molecule has 16 heavy (non-hydrogen) atoms. The van der Waals surface area contributed by atoms with Gasteiger partial charge in [0.05, 0.1) is 10.7 Å². The van der Waals surface area contributed by atoms with Gasteiger partial charge in [0.2, 0.25) is 0 Å². The molecule has 0 saturated heterocycles. The third kappa shape index (κ3) is 3.53. The molecule has 0 heterocycles. The minimum absolute atomic E-state index is 0.210. The highest BCUT2D eigenvalue weighted by Gasteiger charge is 2.15. The summed E-state index contributed by atoms with van der Waals surface area (Å²) in [5, 5.41) is 0.622. The van der Waals surface area contributed by atoms with E-state index in [-0.39, 0.29) is 5.41 Å². The zero-order valence-corrected chi connectivity index (χ0v) is 11.0. The molecule has 0 saturated carbocycles. The summed E-state index contributed by atoms with van der Waals surface area (Å²) < 4.78 is 0. The summed E-state index contributed by atoms with van der Waals surface area (Å²) in [6, 6.07) is 5.37. The Morgan fingerprint density at radius 2 is 2.00 bits per heavy atom. The lowest BCUT2D eigenvalue weighted by Gasteiger charge is -2.29. The van der Waals surface area contributed by atoms with E-state index in [1.807, 2.05) is 13.1 Å². The molecular formula is C13H18ClNO. The zero-order valence-electron chi connectivity index (χ0n) is 10.2. The molecule has 0 unspecified atom stereocenters. The van der Waals surface area contributed by atoms with Crippen molar-refractivity contribution in [3.63, 3.8) is 0 Å². The third-order valence-corrected chi connectivity index (χ3v) is 2.53. The molecule has 0 N–H and O–H groups in total. The lowest BCUT2D eigenvalue weighted by Crippen LogP contribution is -2.29. The molecule has 0 aromatic heterocycles. The minimum Gasteiger partial charge on any atom is -0.373 e. The molecule has 0 spiro atoms. The van der Waals surface area contributed by atoms with Crippen LogP contribution >= 0.6 is 11.6 Å². The monoisotopic (exact) mass is 239 g/mol. The number of hydrogen-bond acceptors (Lipinski definition) is 2. The van der Waals surface area contributed by atoms with Crippen molar-refractivity contribution < 1.29 is 4.79 Å². The number of carbonyl (C=O) groups is 1. The Hall–Kier alpha value is -1.02. The maximum absolute atomic E-state index is 10.6. The Morgan fingerprint density at radius 3 is 2.44 bits per heavy atom. The van der Waals surface area contributed by atoms with Crippen molar-refractivity contribution in [2.24, 2.45) is 5.41 Å². The van der Waals surface area contributed by atoms with E-state index in [2.05, 4.69) is 25.7 Å². The van der Waals surface area contributed by atoms with Crippen LogP contribution in [0, 0.1) is 5.41 Å². The van der Waals surface area contributed by atoms with Crippen LogP contribution in [0.25, 0.3) is 0 Å². The van der Waals surface area contributed by atoms with E-state index in [4.69, 9.17) is 11.6 Å². The molecule has 0 atom stereocenters. The average molecular weight is 240 g/mol. The maximum atomic E-state index is 10.6. The molecule has 88 valence electrons. The first-order valence-corrected chi connectivity index (χ1v) is 5.67. The fraction of sp³-hybridized carbons (Fsp3) is 0.462. The van der Waals surface area contributed by atoms with Crippen molar-refractivity contribution in [1.29, 1.82) is 0 Å². The number of carbonyl (C=O) groups excluding carboxylic acids is 1. The second-order valence-electron chi connectivity index (χ2n) is 5.25. The van der Waals surface area contributed by atoms with Crippen LogP contribution in [0.4, 0.5) is 5.69 Å². The van der Waals surface area contributed by atoms with Crippen molar-refractivity contribution in [1.82, 2.24) is 0 Å². The molecule has 1 aromatic rings. The fourth-order valence-electron chi connectivity index (χ4n) is 1.70. The number of aldehydes is 1.